The fraction of sp³-hybridized carbons (Fsp3) is 1.00. The third kappa shape index (κ3) is 4.96. The summed E-state index contributed by atoms with van der Waals surface area (Å²) in [6, 6.07) is 0.595. The Labute approximate surface area is 94.2 Å². The Morgan fingerprint density at radius 1 is 1.40 bits per heavy atom. The van der Waals surface area contributed by atoms with Gasteiger partial charge in [-0.05, 0) is 18.9 Å². The summed E-state index contributed by atoms with van der Waals surface area (Å²) in [6.45, 7) is 11.3. The molecule has 1 aliphatic rings. The molecule has 3 heteroatoms. The van der Waals surface area contributed by atoms with Gasteiger partial charge in [0.1, 0.15) is 0 Å². The van der Waals surface area contributed by atoms with Crippen LogP contribution in [0.2, 0.25) is 0 Å². The molecule has 0 bridgehead atoms. The SMILES string of the molecule is COC1CCN(CC(C)CNC(C)C)C1. The molecule has 0 aliphatic carbocycles. The lowest BCUT2D eigenvalue weighted by atomic mass is 10.1. The lowest BCUT2D eigenvalue weighted by Crippen LogP contribution is -2.35. The molecule has 1 fully saturated rings. The zero-order valence-electron chi connectivity index (χ0n) is 10.6. The van der Waals surface area contributed by atoms with Gasteiger partial charge in [-0.2, -0.15) is 0 Å². The van der Waals surface area contributed by atoms with Gasteiger partial charge in [0.2, 0.25) is 0 Å². The predicted octanol–water partition coefficient (Wildman–Crippen LogP) is 1.34. The third-order valence-corrected chi connectivity index (χ3v) is 3.01. The number of nitrogens with one attached hydrogen (secondary N) is 1. The van der Waals surface area contributed by atoms with Crippen LogP contribution in [0.15, 0.2) is 0 Å². The summed E-state index contributed by atoms with van der Waals surface area (Å²) in [4.78, 5) is 2.51. The lowest BCUT2D eigenvalue weighted by molar-refractivity contribution is 0.106. The van der Waals surface area contributed by atoms with Crippen LogP contribution in [0.4, 0.5) is 0 Å². The van der Waals surface area contributed by atoms with Crippen LogP contribution in [-0.4, -0.2) is 50.3 Å². The number of ether oxygens (including phenoxy) is 1. The highest BCUT2D eigenvalue weighted by Gasteiger charge is 2.22. The summed E-state index contributed by atoms with van der Waals surface area (Å²) >= 11 is 0. The van der Waals surface area contributed by atoms with Gasteiger partial charge in [-0.1, -0.05) is 20.8 Å². The van der Waals surface area contributed by atoms with Gasteiger partial charge in [0.25, 0.3) is 0 Å². The number of methoxy groups -OCH3 is 1. The average molecular weight is 214 g/mol. The molecule has 0 amide bonds. The molecule has 0 aromatic heterocycles. The molecule has 2 unspecified atom stereocenters. The Morgan fingerprint density at radius 3 is 2.67 bits per heavy atom. The van der Waals surface area contributed by atoms with Crippen molar-refractivity contribution >= 4 is 0 Å². The molecule has 0 aromatic rings. The molecule has 1 N–H and O–H groups in total. The van der Waals surface area contributed by atoms with Crippen LogP contribution < -0.4 is 5.32 Å². The van der Waals surface area contributed by atoms with Gasteiger partial charge in [-0.15, -0.1) is 0 Å². The highest BCUT2D eigenvalue weighted by molar-refractivity contribution is 4.77. The van der Waals surface area contributed by atoms with E-state index in [2.05, 4.69) is 31.0 Å². The first-order valence-corrected chi connectivity index (χ1v) is 6.10. The topological polar surface area (TPSA) is 24.5 Å². The van der Waals surface area contributed by atoms with Crippen LogP contribution in [-0.2, 0) is 4.74 Å². The largest absolute Gasteiger partial charge is 0.380 e. The molecule has 0 spiro atoms. The molecule has 15 heavy (non-hydrogen) atoms. The highest BCUT2D eigenvalue weighted by Crippen LogP contribution is 2.13. The van der Waals surface area contributed by atoms with Crippen molar-refractivity contribution in [1.82, 2.24) is 10.2 Å². The summed E-state index contributed by atoms with van der Waals surface area (Å²) in [5.41, 5.74) is 0. The van der Waals surface area contributed by atoms with E-state index in [0.29, 0.717) is 12.1 Å². The van der Waals surface area contributed by atoms with Gasteiger partial charge in [-0.25, -0.2) is 0 Å². The standard InChI is InChI=1S/C12H26N2O/c1-10(2)13-7-11(3)8-14-6-5-12(9-14)15-4/h10-13H,5-9H2,1-4H3. The number of likely N-dealkylation sites (tertiary alicyclic amines) is 1. The molecule has 3 nitrogen and oxygen atoms in total. The summed E-state index contributed by atoms with van der Waals surface area (Å²) in [6.07, 6.45) is 1.66. The summed E-state index contributed by atoms with van der Waals surface area (Å²) in [5, 5.41) is 3.49. The van der Waals surface area contributed by atoms with E-state index in [1.54, 1.807) is 0 Å². The van der Waals surface area contributed by atoms with E-state index >= 15 is 0 Å². The zero-order valence-corrected chi connectivity index (χ0v) is 10.6. The molecule has 1 aliphatic heterocycles. The van der Waals surface area contributed by atoms with Crippen LogP contribution in [0.5, 0.6) is 0 Å². The summed E-state index contributed by atoms with van der Waals surface area (Å²) in [5.74, 6) is 0.725. The maximum atomic E-state index is 5.36. The molecule has 1 rings (SSSR count). The van der Waals surface area contributed by atoms with Crippen molar-refractivity contribution in [3.05, 3.63) is 0 Å². The van der Waals surface area contributed by atoms with Gasteiger partial charge in [0.15, 0.2) is 0 Å². The third-order valence-electron chi connectivity index (χ3n) is 3.01. The van der Waals surface area contributed by atoms with Gasteiger partial charge >= 0.3 is 0 Å². The first-order valence-electron chi connectivity index (χ1n) is 6.10. The molecular weight excluding hydrogens is 188 g/mol. The molecule has 1 heterocycles. The highest BCUT2D eigenvalue weighted by atomic mass is 16.5. The second-order valence-electron chi connectivity index (χ2n) is 5.07. The van der Waals surface area contributed by atoms with E-state index in [-0.39, 0.29) is 0 Å². The first kappa shape index (κ1) is 12.9. The lowest BCUT2D eigenvalue weighted by Gasteiger charge is -2.21. The second-order valence-corrected chi connectivity index (χ2v) is 5.07. The fourth-order valence-electron chi connectivity index (χ4n) is 2.10. The monoisotopic (exact) mass is 214 g/mol. The molecule has 2 atom stereocenters. The van der Waals surface area contributed by atoms with E-state index < -0.39 is 0 Å². The Hall–Kier alpha value is -0.120. The molecular formula is C12H26N2O. The van der Waals surface area contributed by atoms with Crippen molar-refractivity contribution in [3.63, 3.8) is 0 Å². The van der Waals surface area contributed by atoms with Crippen molar-refractivity contribution in [2.45, 2.75) is 39.3 Å². The van der Waals surface area contributed by atoms with Crippen molar-refractivity contribution < 1.29 is 4.74 Å². The van der Waals surface area contributed by atoms with Crippen LogP contribution >= 0.6 is 0 Å². The van der Waals surface area contributed by atoms with Crippen LogP contribution in [0.25, 0.3) is 0 Å². The fourth-order valence-corrected chi connectivity index (χ4v) is 2.10. The minimum absolute atomic E-state index is 0.468. The van der Waals surface area contributed by atoms with Crippen LogP contribution in [0, 0.1) is 5.92 Å². The minimum atomic E-state index is 0.468. The van der Waals surface area contributed by atoms with Crippen LogP contribution in [0.3, 0.4) is 0 Å². The van der Waals surface area contributed by atoms with Crippen molar-refractivity contribution in [2.75, 3.05) is 33.3 Å². The van der Waals surface area contributed by atoms with Gasteiger partial charge < -0.3 is 15.0 Å². The van der Waals surface area contributed by atoms with Crippen molar-refractivity contribution in [2.24, 2.45) is 5.92 Å². The molecule has 0 saturated carbocycles. The van der Waals surface area contributed by atoms with E-state index in [4.69, 9.17) is 4.74 Å². The maximum Gasteiger partial charge on any atom is 0.0710 e. The normalized spacial score (nSPS) is 25.0. The van der Waals surface area contributed by atoms with Crippen LogP contribution in [0.1, 0.15) is 27.2 Å². The molecule has 0 radical (unpaired) electrons. The van der Waals surface area contributed by atoms with E-state index in [9.17, 15) is 0 Å². The van der Waals surface area contributed by atoms with E-state index in [0.717, 1.165) is 19.0 Å². The zero-order chi connectivity index (χ0) is 11.3. The Balaban J connectivity index is 2.13. The summed E-state index contributed by atoms with van der Waals surface area (Å²) < 4.78 is 5.36. The minimum Gasteiger partial charge on any atom is -0.380 e. The molecule has 1 saturated heterocycles. The second kappa shape index (κ2) is 6.46. The smallest absolute Gasteiger partial charge is 0.0710 e. The van der Waals surface area contributed by atoms with Crippen molar-refractivity contribution in [3.8, 4) is 0 Å². The number of rotatable bonds is 6. The Kier molecular flexibility index (Phi) is 5.58. The predicted molar refractivity (Wildman–Crippen MR) is 64.2 cm³/mol. The molecule has 90 valence electrons. The average Bonchev–Trinajstić information content (AvgIpc) is 2.62. The Bertz CT molecular complexity index is 173. The number of hydrogen-bond donors (Lipinski definition) is 1. The maximum absolute atomic E-state index is 5.36. The summed E-state index contributed by atoms with van der Waals surface area (Å²) in [7, 11) is 1.82. The van der Waals surface area contributed by atoms with E-state index in [1.165, 1.54) is 19.5 Å². The van der Waals surface area contributed by atoms with Crippen molar-refractivity contribution in [1.29, 1.82) is 0 Å². The van der Waals surface area contributed by atoms with Gasteiger partial charge in [0, 0.05) is 32.8 Å². The number of nitrogens with zero attached hydrogens (tertiary/aromatic N) is 1. The first-order chi connectivity index (χ1) is 7.11. The van der Waals surface area contributed by atoms with Gasteiger partial charge in [-0.3, -0.25) is 0 Å². The Morgan fingerprint density at radius 2 is 2.13 bits per heavy atom. The number of hydrogen-bond acceptors (Lipinski definition) is 3. The molecule has 0 aromatic carbocycles. The quantitative estimate of drug-likeness (QED) is 0.722. The van der Waals surface area contributed by atoms with E-state index in [1.807, 2.05) is 7.11 Å². The van der Waals surface area contributed by atoms with Gasteiger partial charge in [0.05, 0.1) is 6.10 Å².